The van der Waals surface area contributed by atoms with Crippen LogP contribution in [-0.2, 0) is 29.0 Å². The molecule has 1 aliphatic rings. The summed E-state index contributed by atoms with van der Waals surface area (Å²) in [5.74, 6) is 0.536. The molecule has 0 saturated heterocycles. The van der Waals surface area contributed by atoms with Crippen LogP contribution in [0.5, 0.6) is 11.5 Å². The zero-order chi connectivity index (χ0) is 23.9. The van der Waals surface area contributed by atoms with Gasteiger partial charge in [0.05, 0.1) is 19.3 Å². The highest BCUT2D eigenvalue weighted by atomic mass is 32.1. The molecule has 0 saturated carbocycles. The highest BCUT2D eigenvalue weighted by Crippen LogP contribution is 2.38. The highest BCUT2D eigenvalue weighted by molar-refractivity contribution is 7.17. The predicted molar refractivity (Wildman–Crippen MR) is 132 cm³/mol. The number of benzene rings is 2. The molecule has 4 rings (SSSR count). The van der Waals surface area contributed by atoms with Crippen molar-refractivity contribution in [2.75, 3.05) is 32.2 Å². The monoisotopic (exact) mass is 480 g/mol. The molecule has 34 heavy (non-hydrogen) atoms. The van der Waals surface area contributed by atoms with Crippen molar-refractivity contribution in [1.82, 2.24) is 4.90 Å². The molecule has 2 aromatic carbocycles. The van der Waals surface area contributed by atoms with Crippen LogP contribution in [0.3, 0.4) is 0 Å². The Balaban J connectivity index is 1.46. The number of methoxy groups -OCH3 is 1. The number of rotatable bonds is 9. The molecule has 8 heteroatoms. The second-order valence-electron chi connectivity index (χ2n) is 7.89. The van der Waals surface area contributed by atoms with E-state index in [2.05, 4.69) is 22.3 Å². The Kier molecular flexibility index (Phi) is 7.82. The van der Waals surface area contributed by atoms with E-state index >= 15 is 0 Å². The molecule has 0 aliphatic carbocycles. The lowest BCUT2D eigenvalue weighted by atomic mass is 10.0. The third-order valence-electron chi connectivity index (χ3n) is 5.55. The number of thiophene rings is 1. The number of carbonyl (C=O) groups is 2. The summed E-state index contributed by atoms with van der Waals surface area (Å²) >= 11 is 1.44. The Labute approximate surface area is 203 Å². The molecule has 7 nitrogen and oxygen atoms in total. The first-order valence-corrected chi connectivity index (χ1v) is 12.0. The van der Waals surface area contributed by atoms with Gasteiger partial charge in [0.1, 0.15) is 16.5 Å². The summed E-state index contributed by atoms with van der Waals surface area (Å²) in [4.78, 5) is 28.8. The predicted octanol–water partition coefficient (Wildman–Crippen LogP) is 4.51. The highest BCUT2D eigenvalue weighted by Gasteiger charge is 2.29. The lowest BCUT2D eigenvalue weighted by Crippen LogP contribution is -2.30. The number of nitrogens with one attached hydrogen (secondary N) is 1. The number of anilines is 1. The first kappa shape index (κ1) is 23.8. The van der Waals surface area contributed by atoms with E-state index < -0.39 is 5.97 Å². The van der Waals surface area contributed by atoms with Crippen LogP contribution in [0.15, 0.2) is 54.6 Å². The maximum Gasteiger partial charge on any atom is 0.341 e. The quantitative estimate of drug-likeness (QED) is 0.454. The molecule has 1 amide bonds. The second-order valence-corrected chi connectivity index (χ2v) is 8.99. The molecular weight excluding hydrogens is 452 g/mol. The average molecular weight is 481 g/mol. The van der Waals surface area contributed by atoms with Crippen LogP contribution in [0.1, 0.15) is 33.3 Å². The summed E-state index contributed by atoms with van der Waals surface area (Å²) in [7, 11) is 1.59. The van der Waals surface area contributed by atoms with Crippen molar-refractivity contribution < 1.29 is 23.8 Å². The topological polar surface area (TPSA) is 77.1 Å². The van der Waals surface area contributed by atoms with Gasteiger partial charge in [-0.2, -0.15) is 0 Å². The molecule has 0 radical (unpaired) electrons. The first-order chi connectivity index (χ1) is 16.6. The fourth-order valence-corrected chi connectivity index (χ4v) is 5.22. The van der Waals surface area contributed by atoms with Gasteiger partial charge in [0, 0.05) is 24.5 Å². The van der Waals surface area contributed by atoms with Crippen molar-refractivity contribution in [2.45, 2.75) is 26.4 Å². The Morgan fingerprint density at radius 2 is 1.79 bits per heavy atom. The van der Waals surface area contributed by atoms with E-state index in [9.17, 15) is 9.59 Å². The van der Waals surface area contributed by atoms with E-state index in [1.54, 1.807) is 38.3 Å². The standard InChI is InChI=1S/C26H28N2O5S/c1-3-32-26(30)24-21-13-14-28(15-18-7-5-4-6-8-18)16-22(21)34-25(24)27-23(29)17-33-20-11-9-19(31-2)10-12-20/h4-12H,3,13-17H2,1-2H3,(H,27,29). The minimum atomic E-state index is -0.400. The van der Waals surface area contributed by atoms with E-state index in [1.165, 1.54) is 16.9 Å². The van der Waals surface area contributed by atoms with Crippen LogP contribution in [0.2, 0.25) is 0 Å². The fraction of sp³-hybridized carbons (Fsp3) is 0.308. The number of fused-ring (bicyclic) bond motifs is 1. The van der Waals surface area contributed by atoms with Gasteiger partial charge in [-0.05, 0) is 48.7 Å². The second kappa shape index (κ2) is 11.2. The molecule has 1 aromatic heterocycles. The van der Waals surface area contributed by atoms with Gasteiger partial charge in [0.25, 0.3) is 5.91 Å². The van der Waals surface area contributed by atoms with Crippen LogP contribution in [-0.4, -0.2) is 43.6 Å². The van der Waals surface area contributed by atoms with Gasteiger partial charge in [-0.3, -0.25) is 9.69 Å². The Morgan fingerprint density at radius 1 is 1.06 bits per heavy atom. The number of hydrogen-bond donors (Lipinski definition) is 1. The normalized spacial score (nSPS) is 13.1. The van der Waals surface area contributed by atoms with Gasteiger partial charge in [0.2, 0.25) is 0 Å². The molecule has 0 bridgehead atoms. The molecule has 0 fully saturated rings. The smallest absolute Gasteiger partial charge is 0.341 e. The molecule has 0 spiro atoms. The van der Waals surface area contributed by atoms with E-state index in [4.69, 9.17) is 14.2 Å². The van der Waals surface area contributed by atoms with Crippen LogP contribution >= 0.6 is 11.3 Å². The average Bonchev–Trinajstić information content (AvgIpc) is 3.20. The molecule has 0 unspecified atom stereocenters. The first-order valence-electron chi connectivity index (χ1n) is 11.2. The molecule has 3 aromatic rings. The van der Waals surface area contributed by atoms with Crippen molar-refractivity contribution in [3.05, 3.63) is 76.2 Å². The zero-order valence-electron chi connectivity index (χ0n) is 19.3. The van der Waals surface area contributed by atoms with Gasteiger partial charge in [-0.15, -0.1) is 11.3 Å². The van der Waals surface area contributed by atoms with Crippen molar-refractivity contribution in [3.8, 4) is 11.5 Å². The summed E-state index contributed by atoms with van der Waals surface area (Å²) in [6.07, 6.45) is 0.727. The van der Waals surface area contributed by atoms with Crippen molar-refractivity contribution in [1.29, 1.82) is 0 Å². The largest absolute Gasteiger partial charge is 0.497 e. The van der Waals surface area contributed by atoms with Gasteiger partial charge in [-0.1, -0.05) is 30.3 Å². The van der Waals surface area contributed by atoms with Crippen LogP contribution in [0.25, 0.3) is 0 Å². The summed E-state index contributed by atoms with van der Waals surface area (Å²) in [5, 5.41) is 3.40. The zero-order valence-corrected chi connectivity index (χ0v) is 20.2. The third kappa shape index (κ3) is 5.76. The summed E-state index contributed by atoms with van der Waals surface area (Å²) < 4.78 is 16.0. The molecule has 1 N–H and O–H groups in total. The lowest BCUT2D eigenvalue weighted by molar-refractivity contribution is -0.118. The van der Waals surface area contributed by atoms with Crippen molar-refractivity contribution >= 4 is 28.2 Å². The maximum atomic E-state index is 12.8. The van der Waals surface area contributed by atoms with Gasteiger partial charge >= 0.3 is 5.97 Å². The van der Waals surface area contributed by atoms with Gasteiger partial charge < -0.3 is 19.5 Å². The fourth-order valence-electron chi connectivity index (χ4n) is 3.92. The number of esters is 1. The number of amides is 1. The van der Waals surface area contributed by atoms with E-state index in [0.29, 0.717) is 22.1 Å². The molecule has 178 valence electrons. The molecular formula is C26H28N2O5S. The number of hydrogen-bond acceptors (Lipinski definition) is 7. The minimum absolute atomic E-state index is 0.169. The SMILES string of the molecule is CCOC(=O)c1c(NC(=O)COc2ccc(OC)cc2)sc2c1CCN(Cc1ccccc1)C2. The Bertz CT molecular complexity index is 1130. The van der Waals surface area contributed by atoms with Crippen LogP contribution in [0, 0.1) is 0 Å². The van der Waals surface area contributed by atoms with E-state index in [-0.39, 0.29) is 19.1 Å². The summed E-state index contributed by atoms with van der Waals surface area (Å²) in [6.45, 7) is 4.27. The van der Waals surface area contributed by atoms with Crippen LogP contribution < -0.4 is 14.8 Å². The van der Waals surface area contributed by atoms with E-state index in [0.717, 1.165) is 36.5 Å². The Morgan fingerprint density at radius 3 is 2.50 bits per heavy atom. The summed E-state index contributed by atoms with van der Waals surface area (Å²) in [5.41, 5.74) is 2.69. The maximum absolute atomic E-state index is 12.8. The van der Waals surface area contributed by atoms with Crippen molar-refractivity contribution in [3.63, 3.8) is 0 Å². The molecule has 1 aliphatic heterocycles. The van der Waals surface area contributed by atoms with Gasteiger partial charge in [-0.25, -0.2) is 4.79 Å². The third-order valence-corrected chi connectivity index (χ3v) is 6.68. The van der Waals surface area contributed by atoms with Crippen molar-refractivity contribution in [2.24, 2.45) is 0 Å². The van der Waals surface area contributed by atoms with Gasteiger partial charge in [0.15, 0.2) is 6.61 Å². The van der Waals surface area contributed by atoms with E-state index in [1.807, 2.05) is 18.2 Å². The Hall–Kier alpha value is -3.36. The molecule has 2 heterocycles. The lowest BCUT2D eigenvalue weighted by Gasteiger charge is -2.27. The minimum Gasteiger partial charge on any atom is -0.497 e. The number of nitrogens with zero attached hydrogens (tertiary/aromatic N) is 1. The number of ether oxygens (including phenoxy) is 3. The summed E-state index contributed by atoms with van der Waals surface area (Å²) in [6, 6.07) is 17.3. The van der Waals surface area contributed by atoms with Crippen LogP contribution in [0.4, 0.5) is 5.00 Å². The molecule has 0 atom stereocenters. The number of carbonyl (C=O) groups excluding carboxylic acids is 2.